The van der Waals surface area contributed by atoms with Gasteiger partial charge in [-0.05, 0) is 36.5 Å². The Balaban J connectivity index is 1.62. The number of rotatable bonds is 3. The van der Waals surface area contributed by atoms with Gasteiger partial charge in [0.05, 0.1) is 6.61 Å². The van der Waals surface area contributed by atoms with E-state index in [9.17, 15) is 9.90 Å². The van der Waals surface area contributed by atoms with Crippen LogP contribution in [0.1, 0.15) is 24.0 Å². The molecule has 0 aliphatic carbocycles. The van der Waals surface area contributed by atoms with Gasteiger partial charge in [-0.1, -0.05) is 11.6 Å². The molecule has 3 rings (SSSR count). The van der Waals surface area contributed by atoms with Crippen LogP contribution in [0.15, 0.2) is 12.1 Å². The minimum atomic E-state index is -0.0927. The number of nitrogens with zero attached hydrogens (tertiary/aromatic N) is 1. The van der Waals surface area contributed by atoms with Crippen molar-refractivity contribution in [3.8, 4) is 5.75 Å². The van der Waals surface area contributed by atoms with Crippen LogP contribution in [0.5, 0.6) is 5.75 Å². The predicted octanol–water partition coefficient (Wildman–Crippen LogP) is 2.19. The van der Waals surface area contributed by atoms with Crippen LogP contribution in [-0.2, 0) is 13.0 Å². The van der Waals surface area contributed by atoms with E-state index in [-0.39, 0.29) is 18.6 Å². The molecule has 0 aromatic heterocycles. The van der Waals surface area contributed by atoms with Crippen LogP contribution < -0.4 is 10.1 Å². The molecule has 22 heavy (non-hydrogen) atoms. The number of likely N-dealkylation sites (tertiary alicyclic amines) is 1. The molecule has 1 aromatic carbocycles. The van der Waals surface area contributed by atoms with Crippen molar-refractivity contribution < 1.29 is 14.6 Å². The van der Waals surface area contributed by atoms with E-state index in [1.54, 1.807) is 4.90 Å². The summed E-state index contributed by atoms with van der Waals surface area (Å²) in [5, 5.41) is 12.9. The molecule has 120 valence electrons. The Hall–Kier alpha value is -1.46. The highest BCUT2D eigenvalue weighted by atomic mass is 35.5. The second-order valence-corrected chi connectivity index (χ2v) is 6.38. The summed E-state index contributed by atoms with van der Waals surface area (Å²) in [4.78, 5) is 14.1. The number of urea groups is 1. The molecule has 2 aliphatic heterocycles. The van der Waals surface area contributed by atoms with Gasteiger partial charge in [0.15, 0.2) is 0 Å². The molecule has 0 spiro atoms. The molecule has 2 aliphatic rings. The molecule has 0 unspecified atom stereocenters. The zero-order valence-corrected chi connectivity index (χ0v) is 13.2. The number of hydrogen-bond acceptors (Lipinski definition) is 3. The molecular weight excluding hydrogens is 304 g/mol. The first-order chi connectivity index (χ1) is 10.7. The van der Waals surface area contributed by atoms with E-state index in [0.29, 0.717) is 24.7 Å². The van der Waals surface area contributed by atoms with Crippen molar-refractivity contribution in [1.82, 2.24) is 10.2 Å². The van der Waals surface area contributed by atoms with Gasteiger partial charge in [0.1, 0.15) is 5.75 Å². The smallest absolute Gasteiger partial charge is 0.317 e. The Morgan fingerprint density at radius 3 is 3.18 bits per heavy atom. The third-order valence-corrected chi connectivity index (χ3v) is 4.54. The van der Waals surface area contributed by atoms with Crippen molar-refractivity contribution >= 4 is 17.6 Å². The largest absolute Gasteiger partial charge is 0.493 e. The molecule has 2 N–H and O–H groups in total. The van der Waals surface area contributed by atoms with Gasteiger partial charge in [0.2, 0.25) is 0 Å². The van der Waals surface area contributed by atoms with E-state index in [1.807, 2.05) is 12.1 Å². The van der Waals surface area contributed by atoms with Crippen LogP contribution in [0.4, 0.5) is 4.79 Å². The summed E-state index contributed by atoms with van der Waals surface area (Å²) in [5.74, 6) is 1.05. The minimum Gasteiger partial charge on any atom is -0.493 e. The normalized spacial score (nSPS) is 20.5. The first-order valence-corrected chi connectivity index (χ1v) is 8.13. The zero-order chi connectivity index (χ0) is 15.5. The second kappa shape index (κ2) is 6.75. The lowest BCUT2D eigenvalue weighted by Gasteiger charge is -2.31. The van der Waals surface area contributed by atoms with E-state index in [4.69, 9.17) is 16.3 Å². The number of fused-ring (bicyclic) bond motifs is 1. The number of amides is 2. The van der Waals surface area contributed by atoms with Crippen LogP contribution in [0, 0.1) is 5.92 Å². The van der Waals surface area contributed by atoms with Crippen molar-refractivity contribution in [2.75, 3.05) is 26.3 Å². The highest BCUT2D eigenvalue weighted by Crippen LogP contribution is 2.32. The van der Waals surface area contributed by atoms with Crippen molar-refractivity contribution in [1.29, 1.82) is 0 Å². The molecule has 6 heteroatoms. The SMILES string of the molecule is O=C(NCc1cc(Cl)cc2c1OCC2)N1CCC[C@@H](CO)C1. The van der Waals surface area contributed by atoms with E-state index in [2.05, 4.69) is 5.32 Å². The van der Waals surface area contributed by atoms with Gasteiger partial charge in [0, 0.05) is 43.2 Å². The number of nitrogens with one attached hydrogen (secondary N) is 1. The maximum Gasteiger partial charge on any atom is 0.317 e. The Morgan fingerprint density at radius 2 is 2.36 bits per heavy atom. The fraction of sp³-hybridized carbons (Fsp3) is 0.562. The van der Waals surface area contributed by atoms with Crippen molar-refractivity contribution in [2.24, 2.45) is 5.92 Å². The second-order valence-electron chi connectivity index (χ2n) is 5.95. The summed E-state index contributed by atoms with van der Waals surface area (Å²) >= 11 is 6.12. The molecular formula is C16H21ClN2O3. The molecule has 1 saturated heterocycles. The molecule has 5 nitrogen and oxygen atoms in total. The van der Waals surface area contributed by atoms with Crippen molar-refractivity contribution in [2.45, 2.75) is 25.8 Å². The van der Waals surface area contributed by atoms with E-state index in [0.717, 1.165) is 42.7 Å². The number of carbonyl (C=O) groups is 1. The number of hydrogen-bond donors (Lipinski definition) is 2. The number of carbonyl (C=O) groups excluding carboxylic acids is 1. The Bertz CT molecular complexity index is 565. The van der Waals surface area contributed by atoms with Gasteiger partial charge in [-0.25, -0.2) is 4.79 Å². The van der Waals surface area contributed by atoms with Gasteiger partial charge in [-0.2, -0.15) is 0 Å². The van der Waals surface area contributed by atoms with Gasteiger partial charge < -0.3 is 20.1 Å². The number of piperidine rings is 1. The first kappa shape index (κ1) is 15.4. The number of aliphatic hydroxyl groups excluding tert-OH is 1. The average molecular weight is 325 g/mol. The molecule has 2 amide bonds. The number of halogens is 1. The van der Waals surface area contributed by atoms with Crippen LogP contribution in [0.25, 0.3) is 0 Å². The third-order valence-electron chi connectivity index (χ3n) is 4.32. The lowest BCUT2D eigenvalue weighted by Crippen LogP contribution is -2.45. The molecule has 2 heterocycles. The quantitative estimate of drug-likeness (QED) is 0.896. The number of aliphatic hydroxyl groups is 1. The molecule has 1 aromatic rings. The highest BCUT2D eigenvalue weighted by molar-refractivity contribution is 6.30. The summed E-state index contributed by atoms with van der Waals surface area (Å²) < 4.78 is 5.64. The van der Waals surface area contributed by atoms with Crippen molar-refractivity contribution in [3.63, 3.8) is 0 Å². The summed E-state index contributed by atoms with van der Waals surface area (Å²) in [6, 6.07) is 3.68. The fourth-order valence-electron chi connectivity index (χ4n) is 3.16. The van der Waals surface area contributed by atoms with Crippen LogP contribution >= 0.6 is 11.6 Å². The molecule has 0 bridgehead atoms. The zero-order valence-electron chi connectivity index (χ0n) is 12.5. The van der Waals surface area contributed by atoms with E-state index < -0.39 is 0 Å². The lowest BCUT2D eigenvalue weighted by atomic mass is 9.99. The molecule has 0 saturated carbocycles. The Morgan fingerprint density at radius 1 is 1.50 bits per heavy atom. The van der Waals surface area contributed by atoms with E-state index >= 15 is 0 Å². The van der Waals surface area contributed by atoms with Gasteiger partial charge >= 0.3 is 6.03 Å². The van der Waals surface area contributed by atoms with E-state index in [1.165, 1.54) is 0 Å². The number of ether oxygens (including phenoxy) is 1. The fourth-order valence-corrected chi connectivity index (χ4v) is 3.42. The Kier molecular flexibility index (Phi) is 4.74. The van der Waals surface area contributed by atoms with Crippen LogP contribution in [0.2, 0.25) is 5.02 Å². The van der Waals surface area contributed by atoms with Gasteiger partial charge in [0.25, 0.3) is 0 Å². The Labute approximate surface area is 135 Å². The predicted molar refractivity (Wildman–Crippen MR) is 84.3 cm³/mol. The van der Waals surface area contributed by atoms with Crippen LogP contribution in [0.3, 0.4) is 0 Å². The van der Waals surface area contributed by atoms with Gasteiger partial charge in [-0.15, -0.1) is 0 Å². The summed E-state index contributed by atoms with van der Waals surface area (Å²) in [6.45, 7) is 2.57. The van der Waals surface area contributed by atoms with Gasteiger partial charge in [-0.3, -0.25) is 0 Å². The molecule has 0 radical (unpaired) electrons. The molecule has 1 atom stereocenters. The number of benzene rings is 1. The summed E-state index contributed by atoms with van der Waals surface area (Å²) in [5.41, 5.74) is 2.03. The monoisotopic (exact) mass is 324 g/mol. The first-order valence-electron chi connectivity index (χ1n) is 7.75. The minimum absolute atomic E-state index is 0.0927. The maximum atomic E-state index is 12.3. The topological polar surface area (TPSA) is 61.8 Å². The average Bonchev–Trinajstić information content (AvgIpc) is 3.00. The highest BCUT2D eigenvalue weighted by Gasteiger charge is 2.24. The third kappa shape index (κ3) is 3.31. The maximum absolute atomic E-state index is 12.3. The molecule has 1 fully saturated rings. The van der Waals surface area contributed by atoms with Crippen LogP contribution in [-0.4, -0.2) is 42.3 Å². The standard InChI is InChI=1S/C16H21ClN2O3/c17-14-6-12-3-5-22-15(12)13(7-14)8-18-16(21)19-4-1-2-11(9-19)10-20/h6-7,11,20H,1-5,8-10H2,(H,18,21)/t11-/m1/s1. The van der Waals surface area contributed by atoms with Crippen molar-refractivity contribution in [3.05, 3.63) is 28.3 Å². The summed E-state index contributed by atoms with van der Waals surface area (Å²) in [7, 11) is 0. The summed E-state index contributed by atoms with van der Waals surface area (Å²) in [6.07, 6.45) is 2.78. The lowest BCUT2D eigenvalue weighted by molar-refractivity contribution is 0.129.